The summed E-state index contributed by atoms with van der Waals surface area (Å²) in [5, 5.41) is 6.52. The van der Waals surface area contributed by atoms with Gasteiger partial charge < -0.3 is 10.6 Å². The predicted octanol–water partition coefficient (Wildman–Crippen LogP) is 3.74. The quantitative estimate of drug-likeness (QED) is 0.812. The molecule has 1 aliphatic carbocycles. The third-order valence-electron chi connectivity index (χ3n) is 4.22. The minimum absolute atomic E-state index is 0.00204. The van der Waals surface area contributed by atoms with Gasteiger partial charge in [-0.25, -0.2) is 0 Å². The van der Waals surface area contributed by atoms with Gasteiger partial charge in [0, 0.05) is 24.5 Å². The zero-order chi connectivity index (χ0) is 15.1. The first-order chi connectivity index (χ1) is 10.2. The standard InChI is InChI=1S/C17H27N3O/c1-3-13(2)19-16-10-14(11-18-12-16)17(21)20-15-8-6-4-5-7-9-15/h10-13,15,19H,3-9H2,1-2H3,(H,20,21). The number of aromatic nitrogens is 1. The Hall–Kier alpha value is -1.58. The molecule has 0 radical (unpaired) electrons. The summed E-state index contributed by atoms with van der Waals surface area (Å²) in [5.41, 5.74) is 1.56. The van der Waals surface area contributed by atoms with E-state index in [0.717, 1.165) is 24.9 Å². The number of carbonyl (C=O) groups is 1. The summed E-state index contributed by atoms with van der Waals surface area (Å²) < 4.78 is 0. The normalized spacial score (nSPS) is 17.8. The molecule has 0 saturated heterocycles. The van der Waals surface area contributed by atoms with E-state index in [-0.39, 0.29) is 5.91 Å². The van der Waals surface area contributed by atoms with Gasteiger partial charge in [-0.2, -0.15) is 0 Å². The maximum Gasteiger partial charge on any atom is 0.253 e. The van der Waals surface area contributed by atoms with Gasteiger partial charge in [-0.15, -0.1) is 0 Å². The fraction of sp³-hybridized carbons (Fsp3) is 0.647. The highest BCUT2D eigenvalue weighted by atomic mass is 16.1. The third-order valence-corrected chi connectivity index (χ3v) is 4.22. The first-order valence-corrected chi connectivity index (χ1v) is 8.21. The summed E-state index contributed by atoms with van der Waals surface area (Å²) in [4.78, 5) is 16.5. The molecular formula is C17H27N3O. The molecule has 4 heteroatoms. The average molecular weight is 289 g/mol. The molecule has 0 bridgehead atoms. The Labute approximate surface area is 127 Å². The lowest BCUT2D eigenvalue weighted by Gasteiger charge is -2.17. The van der Waals surface area contributed by atoms with E-state index in [0.29, 0.717) is 17.6 Å². The van der Waals surface area contributed by atoms with Crippen molar-refractivity contribution in [3.05, 3.63) is 24.0 Å². The van der Waals surface area contributed by atoms with Crippen LogP contribution in [0.15, 0.2) is 18.5 Å². The fourth-order valence-electron chi connectivity index (χ4n) is 2.72. The van der Waals surface area contributed by atoms with Gasteiger partial charge in [-0.3, -0.25) is 9.78 Å². The monoisotopic (exact) mass is 289 g/mol. The zero-order valence-electron chi connectivity index (χ0n) is 13.2. The molecule has 1 unspecified atom stereocenters. The molecule has 2 N–H and O–H groups in total. The van der Waals surface area contributed by atoms with Crippen LogP contribution in [-0.4, -0.2) is 23.0 Å². The van der Waals surface area contributed by atoms with Crippen LogP contribution >= 0.6 is 0 Å². The van der Waals surface area contributed by atoms with Crippen LogP contribution in [0.5, 0.6) is 0 Å². The van der Waals surface area contributed by atoms with Crippen molar-refractivity contribution < 1.29 is 4.79 Å². The maximum absolute atomic E-state index is 12.4. The molecule has 1 aliphatic rings. The second-order valence-electron chi connectivity index (χ2n) is 6.08. The van der Waals surface area contributed by atoms with Crippen LogP contribution < -0.4 is 10.6 Å². The second-order valence-corrected chi connectivity index (χ2v) is 6.08. The van der Waals surface area contributed by atoms with Crippen molar-refractivity contribution in [2.75, 3.05) is 5.32 Å². The number of pyridine rings is 1. The van der Waals surface area contributed by atoms with E-state index in [1.54, 1.807) is 12.4 Å². The van der Waals surface area contributed by atoms with Crippen molar-refractivity contribution in [3.8, 4) is 0 Å². The van der Waals surface area contributed by atoms with E-state index >= 15 is 0 Å². The van der Waals surface area contributed by atoms with E-state index in [2.05, 4.69) is 29.5 Å². The highest BCUT2D eigenvalue weighted by molar-refractivity contribution is 5.94. The lowest BCUT2D eigenvalue weighted by molar-refractivity contribution is 0.0933. The number of nitrogens with one attached hydrogen (secondary N) is 2. The predicted molar refractivity (Wildman–Crippen MR) is 86.6 cm³/mol. The first kappa shape index (κ1) is 15.8. The highest BCUT2D eigenvalue weighted by Gasteiger charge is 2.16. The summed E-state index contributed by atoms with van der Waals surface area (Å²) >= 11 is 0. The average Bonchev–Trinajstić information content (AvgIpc) is 2.76. The molecular weight excluding hydrogens is 262 g/mol. The van der Waals surface area contributed by atoms with Crippen molar-refractivity contribution >= 4 is 11.6 Å². The Morgan fingerprint density at radius 1 is 1.29 bits per heavy atom. The summed E-state index contributed by atoms with van der Waals surface area (Å²) in [5.74, 6) is 0.00204. The van der Waals surface area contributed by atoms with Crippen molar-refractivity contribution in [2.45, 2.75) is 70.9 Å². The van der Waals surface area contributed by atoms with Gasteiger partial charge in [0.2, 0.25) is 0 Å². The maximum atomic E-state index is 12.4. The number of rotatable bonds is 5. The van der Waals surface area contributed by atoms with E-state index in [9.17, 15) is 4.79 Å². The topological polar surface area (TPSA) is 54.0 Å². The summed E-state index contributed by atoms with van der Waals surface area (Å²) in [6, 6.07) is 2.60. The molecule has 1 aromatic rings. The van der Waals surface area contributed by atoms with Crippen LogP contribution in [0.3, 0.4) is 0 Å². The van der Waals surface area contributed by atoms with Crippen LogP contribution in [0.25, 0.3) is 0 Å². The van der Waals surface area contributed by atoms with Crippen molar-refractivity contribution in [3.63, 3.8) is 0 Å². The summed E-state index contributed by atoms with van der Waals surface area (Å²) in [6.45, 7) is 4.26. The van der Waals surface area contributed by atoms with Crippen LogP contribution in [-0.2, 0) is 0 Å². The molecule has 4 nitrogen and oxygen atoms in total. The summed E-state index contributed by atoms with van der Waals surface area (Å²) in [6.07, 6.45) is 11.7. The van der Waals surface area contributed by atoms with E-state index in [4.69, 9.17) is 0 Å². The molecule has 21 heavy (non-hydrogen) atoms. The number of anilines is 1. The lowest BCUT2D eigenvalue weighted by atomic mass is 10.1. The van der Waals surface area contributed by atoms with Crippen LogP contribution in [0.1, 0.15) is 69.2 Å². The molecule has 2 rings (SSSR count). The molecule has 116 valence electrons. The van der Waals surface area contributed by atoms with Gasteiger partial charge in [0.25, 0.3) is 5.91 Å². The van der Waals surface area contributed by atoms with Crippen LogP contribution in [0.2, 0.25) is 0 Å². The van der Waals surface area contributed by atoms with Crippen molar-refractivity contribution in [2.24, 2.45) is 0 Å². The van der Waals surface area contributed by atoms with Gasteiger partial charge in [0.15, 0.2) is 0 Å². The molecule has 0 spiro atoms. The molecule has 1 aromatic heterocycles. The highest BCUT2D eigenvalue weighted by Crippen LogP contribution is 2.18. The van der Waals surface area contributed by atoms with Gasteiger partial charge in [0.1, 0.15) is 0 Å². The Kier molecular flexibility index (Phi) is 6.03. The van der Waals surface area contributed by atoms with Gasteiger partial charge in [0.05, 0.1) is 11.3 Å². The minimum Gasteiger partial charge on any atom is -0.381 e. The number of amides is 1. The van der Waals surface area contributed by atoms with E-state index in [1.807, 2.05) is 6.07 Å². The largest absolute Gasteiger partial charge is 0.381 e. The Balaban J connectivity index is 1.96. The molecule has 0 aliphatic heterocycles. The molecule has 1 atom stereocenters. The number of carbonyl (C=O) groups excluding carboxylic acids is 1. The first-order valence-electron chi connectivity index (χ1n) is 8.21. The number of hydrogen-bond donors (Lipinski definition) is 2. The SMILES string of the molecule is CCC(C)Nc1cncc(C(=O)NC2CCCCCC2)c1. The van der Waals surface area contributed by atoms with Gasteiger partial charge in [-0.1, -0.05) is 32.6 Å². The smallest absolute Gasteiger partial charge is 0.253 e. The Morgan fingerprint density at radius 3 is 2.67 bits per heavy atom. The molecule has 1 saturated carbocycles. The molecule has 1 amide bonds. The Bertz CT molecular complexity index is 453. The Morgan fingerprint density at radius 2 is 2.00 bits per heavy atom. The van der Waals surface area contributed by atoms with Crippen LogP contribution in [0, 0.1) is 0 Å². The number of hydrogen-bond acceptors (Lipinski definition) is 3. The second kappa shape index (κ2) is 8.01. The van der Waals surface area contributed by atoms with Crippen molar-refractivity contribution in [1.82, 2.24) is 10.3 Å². The molecule has 0 aromatic carbocycles. The number of nitrogens with zero attached hydrogens (tertiary/aromatic N) is 1. The fourth-order valence-corrected chi connectivity index (χ4v) is 2.72. The minimum atomic E-state index is 0.00204. The third kappa shape index (κ3) is 5.03. The molecule has 1 fully saturated rings. The van der Waals surface area contributed by atoms with E-state index in [1.165, 1.54) is 25.7 Å². The zero-order valence-corrected chi connectivity index (χ0v) is 13.2. The summed E-state index contributed by atoms with van der Waals surface area (Å²) in [7, 11) is 0. The lowest BCUT2D eigenvalue weighted by Crippen LogP contribution is -2.34. The van der Waals surface area contributed by atoms with Gasteiger partial charge in [-0.05, 0) is 32.3 Å². The van der Waals surface area contributed by atoms with E-state index < -0.39 is 0 Å². The van der Waals surface area contributed by atoms with Crippen molar-refractivity contribution in [1.29, 1.82) is 0 Å². The molecule has 1 heterocycles. The van der Waals surface area contributed by atoms with Crippen LogP contribution in [0.4, 0.5) is 5.69 Å². The van der Waals surface area contributed by atoms with Gasteiger partial charge >= 0.3 is 0 Å².